The van der Waals surface area contributed by atoms with Crippen molar-refractivity contribution in [3.05, 3.63) is 69.3 Å². The molecule has 134 valence electrons. The van der Waals surface area contributed by atoms with Gasteiger partial charge in [0.2, 0.25) is 5.91 Å². The highest BCUT2D eigenvalue weighted by atomic mass is 79.9. The second kappa shape index (κ2) is 7.28. The van der Waals surface area contributed by atoms with Crippen LogP contribution in [0.4, 0.5) is 0 Å². The van der Waals surface area contributed by atoms with E-state index < -0.39 is 0 Å². The van der Waals surface area contributed by atoms with Gasteiger partial charge in [0.1, 0.15) is 0 Å². The molecule has 0 saturated heterocycles. The van der Waals surface area contributed by atoms with E-state index in [2.05, 4.69) is 70.3 Å². The number of nitrogens with zero attached hydrogens (tertiary/aromatic N) is 1. The predicted molar refractivity (Wildman–Crippen MR) is 109 cm³/mol. The van der Waals surface area contributed by atoms with Crippen LogP contribution in [0.3, 0.4) is 0 Å². The zero-order valence-electron chi connectivity index (χ0n) is 15.0. The van der Waals surface area contributed by atoms with Crippen LogP contribution in [0.5, 0.6) is 0 Å². The van der Waals surface area contributed by atoms with Crippen molar-refractivity contribution in [2.75, 3.05) is 6.54 Å². The lowest BCUT2D eigenvalue weighted by molar-refractivity contribution is -0.132. The van der Waals surface area contributed by atoms with Gasteiger partial charge in [0, 0.05) is 47.0 Å². The summed E-state index contributed by atoms with van der Waals surface area (Å²) in [7, 11) is 0. The van der Waals surface area contributed by atoms with Crippen molar-refractivity contribution in [2.24, 2.45) is 0 Å². The number of aryl methyl sites for hydroxylation is 2. The van der Waals surface area contributed by atoms with Crippen LogP contribution in [0, 0.1) is 6.92 Å². The lowest BCUT2D eigenvalue weighted by Crippen LogP contribution is -2.35. The van der Waals surface area contributed by atoms with Gasteiger partial charge in [-0.1, -0.05) is 42.0 Å². The Morgan fingerprint density at radius 1 is 1.19 bits per heavy atom. The predicted octanol–water partition coefficient (Wildman–Crippen LogP) is 5.15. The topological polar surface area (TPSA) is 36.1 Å². The fraction of sp³-hybridized carbons (Fsp3) is 0.318. The van der Waals surface area contributed by atoms with Crippen molar-refractivity contribution in [2.45, 2.75) is 39.2 Å². The van der Waals surface area contributed by atoms with E-state index >= 15 is 0 Å². The van der Waals surface area contributed by atoms with Crippen LogP contribution in [0.25, 0.3) is 10.9 Å². The smallest absolute Gasteiger partial charge is 0.222 e. The number of fused-ring (bicyclic) bond motifs is 3. The molecule has 1 aliphatic heterocycles. The second-order valence-corrected chi connectivity index (χ2v) is 8.00. The fourth-order valence-electron chi connectivity index (χ4n) is 3.77. The fourth-order valence-corrected chi connectivity index (χ4v) is 4.24. The number of halogens is 1. The molecular formula is C22H23BrN2O. The first kappa shape index (κ1) is 17.3. The first-order valence-electron chi connectivity index (χ1n) is 9.23. The summed E-state index contributed by atoms with van der Waals surface area (Å²) in [4.78, 5) is 18.2. The number of amides is 1. The van der Waals surface area contributed by atoms with Gasteiger partial charge in [0.25, 0.3) is 0 Å². The molecule has 0 radical (unpaired) electrons. The van der Waals surface area contributed by atoms with Crippen molar-refractivity contribution in [1.29, 1.82) is 0 Å². The summed E-state index contributed by atoms with van der Waals surface area (Å²) in [6, 6.07) is 14.9. The molecule has 1 amide bonds. The van der Waals surface area contributed by atoms with Gasteiger partial charge >= 0.3 is 0 Å². The van der Waals surface area contributed by atoms with Gasteiger partial charge in [-0.15, -0.1) is 0 Å². The van der Waals surface area contributed by atoms with E-state index in [4.69, 9.17) is 0 Å². The number of rotatable bonds is 4. The largest absolute Gasteiger partial charge is 0.357 e. The third-order valence-electron chi connectivity index (χ3n) is 5.29. The molecule has 1 aliphatic rings. The van der Waals surface area contributed by atoms with Gasteiger partial charge in [0.05, 0.1) is 5.52 Å². The van der Waals surface area contributed by atoms with Gasteiger partial charge < -0.3 is 9.88 Å². The minimum atomic E-state index is 0.270. The molecule has 3 aromatic rings. The zero-order valence-corrected chi connectivity index (χ0v) is 16.6. The van der Waals surface area contributed by atoms with Gasteiger partial charge in [-0.2, -0.15) is 0 Å². The quantitative estimate of drug-likeness (QED) is 0.634. The van der Waals surface area contributed by atoms with Gasteiger partial charge in [0.15, 0.2) is 0 Å². The standard InChI is InChI=1S/C22H23BrN2O/c1-15-8-10-16(11-9-15)4-2-7-21(26)25-13-12-20-18(14-25)17-5-3-6-19(23)22(17)24-20/h3,5-6,8-11,24H,2,4,7,12-14H2,1H3. The number of benzene rings is 2. The van der Waals surface area contributed by atoms with E-state index in [-0.39, 0.29) is 5.91 Å². The maximum absolute atomic E-state index is 12.7. The Morgan fingerprint density at radius 2 is 2.00 bits per heavy atom. The van der Waals surface area contributed by atoms with Gasteiger partial charge in [-0.25, -0.2) is 0 Å². The molecule has 0 spiro atoms. The first-order chi connectivity index (χ1) is 12.6. The summed E-state index contributed by atoms with van der Waals surface area (Å²) in [5, 5.41) is 1.23. The summed E-state index contributed by atoms with van der Waals surface area (Å²) in [5.41, 5.74) is 6.28. The van der Waals surface area contributed by atoms with Crippen LogP contribution in [-0.4, -0.2) is 22.3 Å². The Balaban J connectivity index is 1.40. The number of H-pyrrole nitrogens is 1. The summed E-state index contributed by atoms with van der Waals surface area (Å²) >= 11 is 3.62. The number of para-hydroxylation sites is 1. The molecule has 0 unspecified atom stereocenters. The molecule has 0 bridgehead atoms. The number of aromatic amines is 1. The first-order valence-corrected chi connectivity index (χ1v) is 10.0. The van der Waals surface area contributed by atoms with Crippen LogP contribution in [0.1, 0.15) is 35.2 Å². The Hall–Kier alpha value is -2.07. The van der Waals surface area contributed by atoms with E-state index in [0.717, 1.165) is 42.3 Å². The number of hydrogen-bond acceptors (Lipinski definition) is 1. The third kappa shape index (κ3) is 3.43. The van der Waals surface area contributed by atoms with Crippen LogP contribution < -0.4 is 0 Å². The highest BCUT2D eigenvalue weighted by Crippen LogP contribution is 2.32. The Morgan fingerprint density at radius 3 is 2.81 bits per heavy atom. The monoisotopic (exact) mass is 410 g/mol. The van der Waals surface area contributed by atoms with Gasteiger partial charge in [-0.05, 0) is 47.3 Å². The van der Waals surface area contributed by atoms with Crippen molar-refractivity contribution in [1.82, 2.24) is 9.88 Å². The normalized spacial score (nSPS) is 13.8. The minimum absolute atomic E-state index is 0.270. The zero-order chi connectivity index (χ0) is 18.1. The molecule has 4 heteroatoms. The van der Waals surface area contributed by atoms with Crippen LogP contribution in [0.15, 0.2) is 46.9 Å². The lowest BCUT2D eigenvalue weighted by atomic mass is 10.0. The van der Waals surface area contributed by atoms with Crippen LogP contribution >= 0.6 is 15.9 Å². The lowest BCUT2D eigenvalue weighted by Gasteiger charge is -2.27. The summed E-state index contributed by atoms with van der Waals surface area (Å²) in [6.07, 6.45) is 3.39. The number of nitrogens with one attached hydrogen (secondary N) is 1. The second-order valence-electron chi connectivity index (χ2n) is 7.15. The maximum Gasteiger partial charge on any atom is 0.222 e. The molecule has 3 nitrogen and oxygen atoms in total. The van der Waals surface area contributed by atoms with Crippen molar-refractivity contribution < 1.29 is 4.79 Å². The molecule has 1 aromatic heterocycles. The van der Waals surface area contributed by atoms with E-state index in [1.807, 2.05) is 4.90 Å². The molecule has 0 saturated carbocycles. The van der Waals surface area contributed by atoms with E-state index in [1.165, 1.54) is 27.8 Å². The molecular weight excluding hydrogens is 388 g/mol. The molecule has 26 heavy (non-hydrogen) atoms. The molecule has 1 N–H and O–H groups in total. The van der Waals surface area contributed by atoms with Crippen molar-refractivity contribution in [3.63, 3.8) is 0 Å². The number of hydrogen-bond donors (Lipinski definition) is 1. The third-order valence-corrected chi connectivity index (χ3v) is 5.95. The summed E-state index contributed by atoms with van der Waals surface area (Å²) in [5.74, 6) is 0.270. The van der Waals surface area contributed by atoms with Crippen molar-refractivity contribution >= 4 is 32.7 Å². The highest BCUT2D eigenvalue weighted by molar-refractivity contribution is 9.10. The van der Waals surface area contributed by atoms with Gasteiger partial charge in [-0.3, -0.25) is 4.79 Å². The van der Waals surface area contributed by atoms with Crippen LogP contribution in [-0.2, 0) is 24.2 Å². The summed E-state index contributed by atoms with van der Waals surface area (Å²) < 4.78 is 1.08. The van der Waals surface area contributed by atoms with E-state index in [1.54, 1.807) is 0 Å². The Labute approximate surface area is 162 Å². The number of carbonyl (C=O) groups excluding carboxylic acids is 1. The SMILES string of the molecule is Cc1ccc(CCCC(=O)N2CCc3[nH]c4c(Br)cccc4c3C2)cc1. The Bertz CT molecular complexity index is 943. The highest BCUT2D eigenvalue weighted by Gasteiger charge is 2.24. The average molecular weight is 411 g/mol. The Kier molecular flexibility index (Phi) is 4.86. The minimum Gasteiger partial charge on any atom is -0.357 e. The maximum atomic E-state index is 12.7. The molecule has 4 rings (SSSR count). The molecule has 0 atom stereocenters. The molecule has 2 aromatic carbocycles. The van der Waals surface area contributed by atoms with E-state index in [9.17, 15) is 4.79 Å². The summed E-state index contributed by atoms with van der Waals surface area (Å²) in [6.45, 7) is 3.62. The number of carbonyl (C=O) groups is 1. The average Bonchev–Trinajstić information content (AvgIpc) is 3.03. The van der Waals surface area contributed by atoms with E-state index in [0.29, 0.717) is 6.42 Å². The van der Waals surface area contributed by atoms with Crippen LogP contribution in [0.2, 0.25) is 0 Å². The molecule has 0 fully saturated rings. The molecule has 0 aliphatic carbocycles. The van der Waals surface area contributed by atoms with Crippen molar-refractivity contribution in [3.8, 4) is 0 Å². The molecule has 2 heterocycles. The number of aromatic nitrogens is 1.